The van der Waals surface area contributed by atoms with Gasteiger partial charge in [0, 0.05) is 12.1 Å². The van der Waals surface area contributed by atoms with Crippen LogP contribution in [0.3, 0.4) is 0 Å². The first kappa shape index (κ1) is 19.7. The maximum atomic E-state index is 13.4. The van der Waals surface area contributed by atoms with Gasteiger partial charge in [0.05, 0.1) is 18.2 Å². The zero-order chi connectivity index (χ0) is 21.2. The lowest BCUT2D eigenvalue weighted by Crippen LogP contribution is -2.58. The average Bonchev–Trinajstić information content (AvgIpc) is 3.14. The van der Waals surface area contributed by atoms with Crippen molar-refractivity contribution >= 4 is 27.2 Å². The first-order valence-corrected chi connectivity index (χ1v) is 12.7. The number of hydrogen-bond acceptors (Lipinski definition) is 4. The summed E-state index contributed by atoms with van der Waals surface area (Å²) in [6.45, 7) is 2.20. The van der Waals surface area contributed by atoms with Crippen molar-refractivity contribution in [2.45, 2.75) is 38.6 Å². The van der Waals surface area contributed by atoms with Crippen molar-refractivity contribution in [1.29, 1.82) is 0 Å². The molecule has 0 spiro atoms. The minimum Gasteiger partial charge on any atom is -0.291 e. The molecule has 2 saturated carbocycles. The summed E-state index contributed by atoms with van der Waals surface area (Å²) in [5.74, 6) is -1.47. The zero-order valence-electron chi connectivity index (χ0n) is 17.3. The van der Waals surface area contributed by atoms with Crippen molar-refractivity contribution in [2.24, 2.45) is 29.6 Å². The van der Waals surface area contributed by atoms with E-state index in [-0.39, 0.29) is 17.6 Å². The van der Waals surface area contributed by atoms with E-state index in [4.69, 9.17) is 0 Å². The molecule has 0 amide bonds. The number of carbonyl (C=O) groups excluding carboxylic acids is 2. The van der Waals surface area contributed by atoms with E-state index in [1.165, 1.54) is 16.1 Å². The fourth-order valence-corrected chi connectivity index (χ4v) is 7.44. The Balaban J connectivity index is 1.64. The third-order valence-electron chi connectivity index (χ3n) is 7.66. The predicted molar refractivity (Wildman–Crippen MR) is 115 cm³/mol. The Morgan fingerprint density at radius 2 is 1.77 bits per heavy atom. The van der Waals surface area contributed by atoms with Crippen molar-refractivity contribution < 1.29 is 18.0 Å². The Kier molecular flexibility index (Phi) is 4.54. The third kappa shape index (κ3) is 2.83. The van der Waals surface area contributed by atoms with Crippen LogP contribution in [0, 0.1) is 29.6 Å². The fourth-order valence-electron chi connectivity index (χ4n) is 6.41. The van der Waals surface area contributed by atoms with E-state index < -0.39 is 33.7 Å². The third-order valence-corrected chi connectivity index (χ3v) is 8.78. The molecular weight excluding hydrogens is 398 g/mol. The lowest BCUT2D eigenvalue weighted by molar-refractivity contribution is -0.148. The highest BCUT2D eigenvalue weighted by atomic mass is 32.2. The van der Waals surface area contributed by atoms with Crippen molar-refractivity contribution in [3.8, 4) is 0 Å². The molecule has 1 aromatic rings. The van der Waals surface area contributed by atoms with Crippen LogP contribution < -0.4 is 0 Å². The highest BCUT2D eigenvalue weighted by Gasteiger charge is 2.59. The smallest absolute Gasteiger partial charge is 0.232 e. The Hall–Kier alpha value is -2.21. The second-order valence-electron chi connectivity index (χ2n) is 9.31. The Bertz CT molecular complexity index is 1070. The summed E-state index contributed by atoms with van der Waals surface area (Å²) in [5, 5.41) is 0. The molecule has 6 atom stereocenters. The molecule has 6 unspecified atom stereocenters. The van der Waals surface area contributed by atoms with Gasteiger partial charge in [-0.15, -0.1) is 0 Å². The van der Waals surface area contributed by atoms with Crippen LogP contribution in [-0.4, -0.2) is 36.6 Å². The summed E-state index contributed by atoms with van der Waals surface area (Å²) >= 11 is 0. The number of allylic oxidation sites excluding steroid dienone is 2. The van der Waals surface area contributed by atoms with Gasteiger partial charge in [-0.1, -0.05) is 55.3 Å². The fraction of sp³-hybridized carbons (Fsp3) is 0.500. The first-order chi connectivity index (χ1) is 14.3. The summed E-state index contributed by atoms with van der Waals surface area (Å²) in [4.78, 5) is 26.9. The highest BCUT2D eigenvalue weighted by Crippen LogP contribution is 2.54. The molecule has 0 saturated heterocycles. The zero-order valence-corrected chi connectivity index (χ0v) is 18.1. The van der Waals surface area contributed by atoms with Gasteiger partial charge in [-0.05, 0) is 48.2 Å². The Morgan fingerprint density at radius 1 is 1.03 bits per heavy atom. The Morgan fingerprint density at radius 3 is 2.47 bits per heavy atom. The van der Waals surface area contributed by atoms with Gasteiger partial charge in [-0.2, -0.15) is 0 Å². The summed E-state index contributed by atoms with van der Waals surface area (Å²) in [7, 11) is -3.57. The molecule has 1 heterocycles. The summed E-state index contributed by atoms with van der Waals surface area (Å²) in [6.07, 6.45) is 8.77. The molecule has 0 aromatic heterocycles. The SMILES string of the molecule is CC1CCCC2C1=CCC1C2C(=O)C(=O)C2C(c3ccccc3)=CN(S(C)(=O)=O)C21. The standard InChI is InChI=1S/C24H27NO4S/c1-14-7-6-10-17-16(14)11-12-18-20(17)23(26)24(27)21-19(15-8-4-3-5-9-15)13-25(22(18)21)30(2,28)29/h3-5,8-9,11,13-14,17-18,20-22H,6-7,10,12H2,1-2H3. The molecule has 3 aliphatic carbocycles. The molecule has 0 radical (unpaired) electrons. The summed E-state index contributed by atoms with van der Waals surface area (Å²) in [5.41, 5.74) is 2.76. The van der Waals surface area contributed by atoms with E-state index in [0.717, 1.165) is 24.8 Å². The van der Waals surface area contributed by atoms with E-state index in [9.17, 15) is 18.0 Å². The monoisotopic (exact) mass is 425 g/mol. The average molecular weight is 426 g/mol. The molecule has 5 nitrogen and oxygen atoms in total. The number of hydrogen-bond donors (Lipinski definition) is 0. The van der Waals surface area contributed by atoms with Gasteiger partial charge in [0.2, 0.25) is 21.6 Å². The number of carbonyl (C=O) groups is 2. The van der Waals surface area contributed by atoms with Crippen LogP contribution in [0.4, 0.5) is 0 Å². The molecule has 2 fully saturated rings. The van der Waals surface area contributed by atoms with E-state index in [1.54, 1.807) is 6.20 Å². The summed E-state index contributed by atoms with van der Waals surface area (Å²) in [6, 6.07) is 8.85. The molecule has 30 heavy (non-hydrogen) atoms. The molecule has 4 aliphatic rings. The second kappa shape index (κ2) is 6.91. The van der Waals surface area contributed by atoms with Crippen LogP contribution in [0.1, 0.15) is 38.2 Å². The number of sulfonamides is 1. The number of benzene rings is 1. The van der Waals surface area contributed by atoms with Crippen molar-refractivity contribution in [3.05, 3.63) is 53.7 Å². The van der Waals surface area contributed by atoms with Gasteiger partial charge in [0.15, 0.2) is 0 Å². The molecule has 0 bridgehead atoms. The number of nitrogens with zero attached hydrogens (tertiary/aromatic N) is 1. The van der Waals surface area contributed by atoms with Crippen LogP contribution in [0.2, 0.25) is 0 Å². The number of fused-ring (bicyclic) bond motifs is 5. The van der Waals surface area contributed by atoms with Crippen LogP contribution >= 0.6 is 0 Å². The van der Waals surface area contributed by atoms with Gasteiger partial charge in [-0.3, -0.25) is 13.9 Å². The lowest BCUT2D eigenvalue weighted by Gasteiger charge is -2.49. The summed E-state index contributed by atoms with van der Waals surface area (Å²) < 4.78 is 26.8. The lowest BCUT2D eigenvalue weighted by atomic mass is 9.56. The largest absolute Gasteiger partial charge is 0.291 e. The molecule has 1 aliphatic heterocycles. The topological polar surface area (TPSA) is 71.5 Å². The van der Waals surface area contributed by atoms with Gasteiger partial charge in [-0.25, -0.2) is 8.42 Å². The predicted octanol–water partition coefficient (Wildman–Crippen LogP) is 3.44. The maximum absolute atomic E-state index is 13.4. The minimum atomic E-state index is -3.57. The minimum absolute atomic E-state index is 0.0760. The number of ketones is 2. The van der Waals surface area contributed by atoms with Crippen LogP contribution in [0.15, 0.2) is 48.2 Å². The number of Topliss-reactive ketones (excluding diaryl/α,β-unsaturated/α-hetero) is 2. The van der Waals surface area contributed by atoms with E-state index >= 15 is 0 Å². The van der Waals surface area contributed by atoms with Crippen molar-refractivity contribution in [2.75, 3.05) is 6.26 Å². The highest BCUT2D eigenvalue weighted by molar-refractivity contribution is 7.88. The first-order valence-electron chi connectivity index (χ1n) is 10.8. The molecule has 6 heteroatoms. The van der Waals surface area contributed by atoms with E-state index in [1.807, 2.05) is 30.3 Å². The molecular formula is C24H27NO4S. The van der Waals surface area contributed by atoms with Gasteiger partial charge in [0.25, 0.3) is 0 Å². The molecule has 0 N–H and O–H groups in total. The second-order valence-corrected chi connectivity index (χ2v) is 11.2. The van der Waals surface area contributed by atoms with Crippen LogP contribution in [0.25, 0.3) is 5.57 Å². The van der Waals surface area contributed by atoms with Crippen LogP contribution in [0.5, 0.6) is 0 Å². The maximum Gasteiger partial charge on any atom is 0.232 e. The molecule has 1 aromatic carbocycles. The number of rotatable bonds is 2. The molecule has 5 rings (SSSR count). The van der Waals surface area contributed by atoms with E-state index in [2.05, 4.69) is 13.0 Å². The van der Waals surface area contributed by atoms with Crippen LogP contribution in [-0.2, 0) is 19.6 Å². The van der Waals surface area contributed by atoms with Gasteiger partial charge < -0.3 is 0 Å². The van der Waals surface area contributed by atoms with E-state index in [0.29, 0.717) is 17.9 Å². The van der Waals surface area contributed by atoms with Crippen molar-refractivity contribution in [3.63, 3.8) is 0 Å². The van der Waals surface area contributed by atoms with Crippen molar-refractivity contribution in [1.82, 2.24) is 4.31 Å². The molecule has 158 valence electrons. The van der Waals surface area contributed by atoms with Gasteiger partial charge in [0.1, 0.15) is 0 Å². The quantitative estimate of drug-likeness (QED) is 0.538. The van der Waals surface area contributed by atoms with Gasteiger partial charge >= 0.3 is 0 Å². The normalized spacial score (nSPS) is 35.9. The Labute approximate surface area is 177 Å².